The number of aromatic nitrogens is 1. The average molecular weight is 258 g/mol. The molecule has 0 unspecified atom stereocenters. The summed E-state index contributed by atoms with van der Waals surface area (Å²) in [6, 6.07) is 9.76. The Morgan fingerprint density at radius 1 is 1.42 bits per heavy atom. The van der Waals surface area contributed by atoms with Gasteiger partial charge in [0.15, 0.2) is 0 Å². The number of carbonyl (C=O) groups excluding carboxylic acids is 1. The first kappa shape index (κ1) is 12.2. The number of aromatic amines is 1. The van der Waals surface area contributed by atoms with Crippen molar-refractivity contribution >= 4 is 16.8 Å². The Bertz CT molecular complexity index is 566. The van der Waals surface area contributed by atoms with Gasteiger partial charge in [-0.1, -0.05) is 18.2 Å². The van der Waals surface area contributed by atoms with Crippen LogP contribution in [0.3, 0.4) is 0 Å². The molecule has 1 fully saturated rings. The Kier molecular flexibility index (Phi) is 3.03. The second-order valence-electron chi connectivity index (χ2n) is 5.45. The number of nitrogens with zero attached hydrogens (tertiary/aromatic N) is 1. The minimum atomic E-state index is -0.165. The molecule has 1 heterocycles. The highest BCUT2D eigenvalue weighted by atomic mass is 16.3. The van der Waals surface area contributed by atoms with E-state index in [1.54, 1.807) is 4.90 Å². The van der Waals surface area contributed by atoms with Gasteiger partial charge in [-0.2, -0.15) is 0 Å². The van der Waals surface area contributed by atoms with Crippen LogP contribution in [0.1, 0.15) is 23.3 Å². The molecule has 19 heavy (non-hydrogen) atoms. The largest absolute Gasteiger partial charge is 0.393 e. The molecule has 1 aliphatic carbocycles. The third kappa shape index (κ3) is 2.36. The third-order valence-corrected chi connectivity index (χ3v) is 3.85. The Hall–Kier alpha value is -1.81. The quantitative estimate of drug-likeness (QED) is 0.884. The summed E-state index contributed by atoms with van der Waals surface area (Å²) in [5.41, 5.74) is 1.61. The molecule has 1 saturated carbocycles. The minimum absolute atomic E-state index is 0.0117. The number of benzene rings is 1. The number of amides is 1. The van der Waals surface area contributed by atoms with E-state index in [0.29, 0.717) is 18.2 Å². The molecule has 1 aromatic carbocycles. The first-order chi connectivity index (χ1) is 9.13. The summed E-state index contributed by atoms with van der Waals surface area (Å²) in [4.78, 5) is 17.2. The van der Waals surface area contributed by atoms with Gasteiger partial charge in [-0.25, -0.2) is 0 Å². The van der Waals surface area contributed by atoms with E-state index in [1.165, 1.54) is 0 Å². The van der Waals surface area contributed by atoms with Crippen molar-refractivity contribution in [1.29, 1.82) is 0 Å². The SMILES string of the molecule is CN(CC1CC(O)C1)C(=O)c1cc2ccccc2[nH]1. The van der Waals surface area contributed by atoms with Crippen LogP contribution < -0.4 is 0 Å². The molecule has 0 spiro atoms. The molecule has 1 aromatic heterocycles. The number of nitrogens with one attached hydrogen (secondary N) is 1. The highest BCUT2D eigenvalue weighted by Crippen LogP contribution is 2.28. The van der Waals surface area contributed by atoms with E-state index in [0.717, 1.165) is 23.7 Å². The third-order valence-electron chi connectivity index (χ3n) is 3.85. The van der Waals surface area contributed by atoms with Gasteiger partial charge in [0, 0.05) is 24.5 Å². The number of rotatable bonds is 3. The van der Waals surface area contributed by atoms with E-state index in [-0.39, 0.29) is 12.0 Å². The second kappa shape index (κ2) is 4.70. The van der Waals surface area contributed by atoms with E-state index >= 15 is 0 Å². The summed E-state index contributed by atoms with van der Waals surface area (Å²) in [5.74, 6) is 0.450. The van der Waals surface area contributed by atoms with Crippen molar-refractivity contribution in [3.8, 4) is 0 Å². The summed E-state index contributed by atoms with van der Waals surface area (Å²) >= 11 is 0. The van der Waals surface area contributed by atoms with E-state index in [9.17, 15) is 9.90 Å². The lowest BCUT2D eigenvalue weighted by atomic mass is 9.82. The van der Waals surface area contributed by atoms with Gasteiger partial charge in [0.25, 0.3) is 5.91 Å². The van der Waals surface area contributed by atoms with Crippen molar-refractivity contribution in [2.75, 3.05) is 13.6 Å². The standard InChI is InChI=1S/C15H18N2O2/c1-17(9-10-6-12(18)7-10)15(19)14-8-11-4-2-3-5-13(11)16-14/h2-5,8,10,12,16,18H,6-7,9H2,1H3. The van der Waals surface area contributed by atoms with Crippen LogP contribution in [0.2, 0.25) is 0 Å². The highest BCUT2D eigenvalue weighted by Gasteiger charge is 2.29. The number of fused-ring (bicyclic) bond motifs is 1. The Morgan fingerprint density at radius 2 is 2.16 bits per heavy atom. The summed E-state index contributed by atoms with van der Waals surface area (Å²) in [7, 11) is 1.82. The number of hydrogen-bond donors (Lipinski definition) is 2. The Morgan fingerprint density at radius 3 is 2.84 bits per heavy atom. The molecule has 2 N–H and O–H groups in total. The number of aliphatic hydroxyl groups is 1. The van der Waals surface area contributed by atoms with Crippen molar-refractivity contribution in [3.05, 3.63) is 36.0 Å². The molecular formula is C15H18N2O2. The smallest absolute Gasteiger partial charge is 0.270 e. The number of hydrogen-bond acceptors (Lipinski definition) is 2. The van der Waals surface area contributed by atoms with Crippen LogP contribution in [0.25, 0.3) is 10.9 Å². The fraction of sp³-hybridized carbons (Fsp3) is 0.400. The molecule has 3 rings (SSSR count). The Labute approximate surface area is 112 Å². The summed E-state index contributed by atoms with van der Waals surface area (Å²) in [6.07, 6.45) is 1.45. The molecule has 1 aliphatic rings. The fourth-order valence-electron chi connectivity index (χ4n) is 2.71. The first-order valence-electron chi connectivity index (χ1n) is 6.65. The fourth-order valence-corrected chi connectivity index (χ4v) is 2.71. The van der Waals surface area contributed by atoms with Crippen LogP contribution in [0.4, 0.5) is 0 Å². The lowest BCUT2D eigenvalue weighted by Gasteiger charge is -2.34. The zero-order valence-corrected chi connectivity index (χ0v) is 11.0. The number of H-pyrrole nitrogens is 1. The van der Waals surface area contributed by atoms with Gasteiger partial charge in [0.1, 0.15) is 5.69 Å². The molecule has 4 heteroatoms. The predicted octanol–water partition coefficient (Wildman–Crippen LogP) is 2.01. The maximum atomic E-state index is 12.3. The molecule has 1 amide bonds. The highest BCUT2D eigenvalue weighted by molar-refractivity contribution is 5.97. The lowest BCUT2D eigenvalue weighted by Crippen LogP contribution is -2.39. The van der Waals surface area contributed by atoms with Gasteiger partial charge in [0.05, 0.1) is 6.10 Å². The van der Waals surface area contributed by atoms with Crippen LogP contribution in [0.15, 0.2) is 30.3 Å². The maximum absolute atomic E-state index is 12.3. The van der Waals surface area contributed by atoms with Gasteiger partial charge in [-0.05, 0) is 30.9 Å². The van der Waals surface area contributed by atoms with Crippen molar-refractivity contribution in [1.82, 2.24) is 9.88 Å². The first-order valence-corrected chi connectivity index (χ1v) is 6.65. The predicted molar refractivity (Wildman–Crippen MR) is 74.0 cm³/mol. The van der Waals surface area contributed by atoms with E-state index < -0.39 is 0 Å². The molecule has 2 aromatic rings. The van der Waals surface area contributed by atoms with Gasteiger partial charge < -0.3 is 15.0 Å². The van der Waals surface area contributed by atoms with Crippen molar-refractivity contribution in [2.45, 2.75) is 18.9 Å². The molecule has 100 valence electrons. The van der Waals surface area contributed by atoms with E-state index in [2.05, 4.69) is 4.98 Å². The monoisotopic (exact) mass is 258 g/mol. The number of para-hydroxylation sites is 1. The van der Waals surface area contributed by atoms with Crippen LogP contribution in [-0.2, 0) is 0 Å². The van der Waals surface area contributed by atoms with Gasteiger partial charge in [-0.3, -0.25) is 4.79 Å². The molecule has 4 nitrogen and oxygen atoms in total. The van der Waals surface area contributed by atoms with Crippen LogP contribution >= 0.6 is 0 Å². The second-order valence-corrected chi connectivity index (χ2v) is 5.45. The van der Waals surface area contributed by atoms with E-state index in [1.807, 2.05) is 37.4 Å². The molecule has 0 saturated heterocycles. The average Bonchev–Trinajstić information content (AvgIpc) is 2.79. The minimum Gasteiger partial charge on any atom is -0.393 e. The van der Waals surface area contributed by atoms with Gasteiger partial charge >= 0.3 is 0 Å². The summed E-state index contributed by atoms with van der Waals surface area (Å²) in [6.45, 7) is 0.714. The number of aliphatic hydroxyl groups excluding tert-OH is 1. The lowest BCUT2D eigenvalue weighted by molar-refractivity contribution is 0.0264. The van der Waals surface area contributed by atoms with Crippen molar-refractivity contribution in [3.63, 3.8) is 0 Å². The zero-order chi connectivity index (χ0) is 13.4. The molecule has 0 aliphatic heterocycles. The van der Waals surface area contributed by atoms with Crippen LogP contribution in [0.5, 0.6) is 0 Å². The number of carbonyl (C=O) groups is 1. The zero-order valence-electron chi connectivity index (χ0n) is 11.0. The van der Waals surface area contributed by atoms with Crippen LogP contribution in [-0.4, -0.2) is 40.6 Å². The molecule has 0 bridgehead atoms. The molecule has 0 radical (unpaired) electrons. The van der Waals surface area contributed by atoms with Crippen molar-refractivity contribution < 1.29 is 9.90 Å². The topological polar surface area (TPSA) is 56.3 Å². The summed E-state index contributed by atoms with van der Waals surface area (Å²) in [5, 5.41) is 10.3. The summed E-state index contributed by atoms with van der Waals surface area (Å²) < 4.78 is 0. The van der Waals surface area contributed by atoms with E-state index in [4.69, 9.17) is 0 Å². The van der Waals surface area contributed by atoms with Gasteiger partial charge in [0.2, 0.25) is 0 Å². The maximum Gasteiger partial charge on any atom is 0.270 e. The molecular weight excluding hydrogens is 240 g/mol. The normalized spacial score (nSPS) is 22.2. The van der Waals surface area contributed by atoms with Crippen molar-refractivity contribution in [2.24, 2.45) is 5.92 Å². The molecule has 0 atom stereocenters. The van der Waals surface area contributed by atoms with Gasteiger partial charge in [-0.15, -0.1) is 0 Å². The van der Waals surface area contributed by atoms with Crippen LogP contribution in [0, 0.1) is 5.92 Å². The Balaban J connectivity index is 1.71.